The average molecular weight is 1050 g/mol. The van der Waals surface area contributed by atoms with E-state index >= 15 is 0 Å². The molecule has 2 aliphatic heterocycles. The van der Waals surface area contributed by atoms with E-state index in [1.165, 1.54) is 49.8 Å². The van der Waals surface area contributed by atoms with E-state index in [1.807, 2.05) is 12.1 Å². The van der Waals surface area contributed by atoms with Crippen LogP contribution >= 0.6 is 0 Å². The highest BCUT2D eigenvalue weighted by Crippen LogP contribution is 2.50. The molecule has 400 valence electrons. The molecule has 4 nitrogen and oxygen atoms in total. The molecule has 3 heterocycles. The molecule has 0 saturated heterocycles. The van der Waals surface area contributed by atoms with Gasteiger partial charge in [-0.25, -0.2) is 0 Å². The van der Waals surface area contributed by atoms with E-state index in [1.54, 1.807) is 0 Å². The van der Waals surface area contributed by atoms with Crippen LogP contribution in [0.15, 0.2) is 222 Å². The van der Waals surface area contributed by atoms with Gasteiger partial charge >= 0.3 is 0 Å². The molecule has 1 aromatic heterocycles. The summed E-state index contributed by atoms with van der Waals surface area (Å²) in [6.07, 6.45) is 11.1. The minimum Gasteiger partial charge on any atom is -0.456 e. The highest BCUT2D eigenvalue weighted by Gasteiger charge is 2.44. The van der Waals surface area contributed by atoms with Gasteiger partial charge in [-0.1, -0.05) is 188 Å². The molecule has 0 aliphatic carbocycles. The number of furan rings is 1. The Hall–Kier alpha value is -8.72. The quantitative estimate of drug-likeness (QED) is 0.106. The van der Waals surface area contributed by atoms with Gasteiger partial charge in [-0.15, -0.1) is 6.42 Å². The minimum absolute atomic E-state index is 0.0171. The average Bonchev–Trinajstić information content (AvgIpc) is 3.27. The Morgan fingerprint density at radius 3 is 1.79 bits per heavy atom. The van der Waals surface area contributed by atoms with Gasteiger partial charge in [0.2, 0.25) is 6.71 Å². The fourth-order valence-corrected chi connectivity index (χ4v) is 12.3. The van der Waals surface area contributed by atoms with Crippen molar-refractivity contribution in [1.29, 1.82) is 0 Å². The van der Waals surface area contributed by atoms with Crippen LogP contribution in [0.1, 0.15) is 91.5 Å². The molecule has 12 rings (SSSR count). The summed E-state index contributed by atoms with van der Waals surface area (Å²) in [5, 5.41) is 2.24. The SMILES string of the molecule is C#CC(/C=C\C1=C(C)B2c3ccc(N(c4ccccc4)c4ccc(C)cc4)cc3N(c3ccc(-c4ccc5oc6ccccc6c5c4)cc3)c3cc(C)cc(c32)N1c1ccc(C(C)(C)C)cc1-c1ccc(C(C)(C)C)cc1)C(C)(C)C. The van der Waals surface area contributed by atoms with Crippen molar-refractivity contribution >= 4 is 85.1 Å². The second-order valence-corrected chi connectivity index (χ2v) is 25.7. The lowest BCUT2D eigenvalue weighted by Crippen LogP contribution is -2.55. The zero-order valence-electron chi connectivity index (χ0n) is 49.1. The molecule has 1 unspecified atom stereocenters. The van der Waals surface area contributed by atoms with E-state index in [-0.39, 0.29) is 28.9 Å². The first-order chi connectivity index (χ1) is 38.7. The predicted molar refractivity (Wildman–Crippen MR) is 348 cm³/mol. The molecule has 0 N–H and O–H groups in total. The lowest BCUT2D eigenvalue weighted by molar-refractivity contribution is 0.353. The Labute approximate surface area is 481 Å². The molecule has 0 spiro atoms. The Morgan fingerprint density at radius 1 is 0.506 bits per heavy atom. The predicted octanol–water partition coefficient (Wildman–Crippen LogP) is 19.8. The second kappa shape index (κ2) is 20.1. The minimum atomic E-state index is -0.151. The number of allylic oxidation sites excluding steroid dienone is 3. The first-order valence-electron chi connectivity index (χ1n) is 28.7. The van der Waals surface area contributed by atoms with Crippen molar-refractivity contribution in [2.75, 3.05) is 14.7 Å². The van der Waals surface area contributed by atoms with Gasteiger partial charge < -0.3 is 19.1 Å². The number of nitrogens with zero attached hydrogens (tertiary/aromatic N) is 3. The van der Waals surface area contributed by atoms with Gasteiger partial charge in [0, 0.05) is 67.8 Å². The van der Waals surface area contributed by atoms with Crippen molar-refractivity contribution in [3.63, 3.8) is 0 Å². The highest BCUT2D eigenvalue weighted by molar-refractivity contribution is 6.95. The van der Waals surface area contributed by atoms with Crippen molar-refractivity contribution in [2.45, 2.75) is 93.9 Å². The third-order valence-corrected chi connectivity index (χ3v) is 16.8. The van der Waals surface area contributed by atoms with E-state index in [4.69, 9.17) is 10.8 Å². The van der Waals surface area contributed by atoms with E-state index in [9.17, 15) is 0 Å². The highest BCUT2D eigenvalue weighted by atomic mass is 16.3. The first kappa shape index (κ1) is 53.0. The fourth-order valence-electron chi connectivity index (χ4n) is 12.3. The molecule has 0 fully saturated rings. The van der Waals surface area contributed by atoms with Crippen LogP contribution in [0.2, 0.25) is 0 Å². The standard InChI is InChI=1S/C76H72BN3O/c1-14-55(74(5,6)7)33-41-66-51(4)77-65-40-39-61(78(58-20-16-15-17-21-58)59-35-24-49(2)25-36-59)48-68(65)79(60-37-28-52(29-38-60)54-30-43-72-64(46-54)62-22-18-19-23-71(62)81-72)69-44-50(3)45-70(73(69)77)80(66)67-42-34-57(76(11,12)13)47-63(67)53-26-31-56(32-27-53)75(8,9)10/h1,15-48,55H,2-13H3/b41-33-. The van der Waals surface area contributed by atoms with Crippen LogP contribution in [0, 0.1) is 37.5 Å². The van der Waals surface area contributed by atoms with Gasteiger partial charge in [-0.3, -0.25) is 0 Å². The van der Waals surface area contributed by atoms with Crippen LogP contribution in [0.4, 0.5) is 45.5 Å². The molecule has 0 amide bonds. The van der Waals surface area contributed by atoms with Crippen LogP contribution in [0.5, 0.6) is 0 Å². The van der Waals surface area contributed by atoms with Gasteiger partial charge in [0.15, 0.2) is 0 Å². The monoisotopic (exact) mass is 1050 g/mol. The molecular weight excluding hydrogens is 982 g/mol. The van der Waals surface area contributed by atoms with E-state index in [2.05, 4.69) is 298 Å². The molecule has 0 radical (unpaired) electrons. The second-order valence-electron chi connectivity index (χ2n) is 25.7. The van der Waals surface area contributed by atoms with Crippen LogP contribution in [-0.4, -0.2) is 6.71 Å². The molecule has 2 aliphatic rings. The van der Waals surface area contributed by atoms with Gasteiger partial charge in [0.1, 0.15) is 11.2 Å². The van der Waals surface area contributed by atoms with Gasteiger partial charge in [-0.2, -0.15) is 0 Å². The summed E-state index contributed by atoms with van der Waals surface area (Å²) in [6, 6.07) is 72.1. The number of anilines is 8. The summed E-state index contributed by atoms with van der Waals surface area (Å²) < 4.78 is 6.26. The molecule has 1 atom stereocenters. The number of benzene rings is 9. The number of fused-ring (bicyclic) bond motifs is 5. The largest absolute Gasteiger partial charge is 0.456 e. The maximum absolute atomic E-state index is 6.43. The number of hydrogen-bond donors (Lipinski definition) is 0. The summed E-state index contributed by atoms with van der Waals surface area (Å²) in [6.45, 7) is 27.2. The van der Waals surface area contributed by atoms with Crippen molar-refractivity contribution < 1.29 is 4.42 Å². The summed E-state index contributed by atoms with van der Waals surface area (Å²) in [7, 11) is 0. The van der Waals surface area contributed by atoms with Crippen molar-refractivity contribution in [2.24, 2.45) is 11.3 Å². The van der Waals surface area contributed by atoms with E-state index in [0.717, 1.165) is 84.3 Å². The molecule has 81 heavy (non-hydrogen) atoms. The van der Waals surface area contributed by atoms with Gasteiger partial charge in [0.25, 0.3) is 0 Å². The Morgan fingerprint density at radius 2 is 1.11 bits per heavy atom. The zero-order valence-corrected chi connectivity index (χ0v) is 49.1. The Kier molecular flexibility index (Phi) is 13.2. The van der Waals surface area contributed by atoms with Crippen LogP contribution in [0.25, 0.3) is 44.2 Å². The zero-order chi connectivity index (χ0) is 56.7. The lowest BCUT2D eigenvalue weighted by atomic mass is 9.33. The van der Waals surface area contributed by atoms with E-state index < -0.39 is 0 Å². The molecule has 0 bridgehead atoms. The Balaban J connectivity index is 1.12. The molecule has 9 aromatic carbocycles. The number of aryl methyl sites for hydroxylation is 2. The first-order valence-corrected chi connectivity index (χ1v) is 28.7. The summed E-state index contributed by atoms with van der Waals surface area (Å²) in [5.74, 6) is 3.07. The van der Waals surface area contributed by atoms with Gasteiger partial charge in [0.05, 0.1) is 5.69 Å². The topological polar surface area (TPSA) is 22.9 Å². The number of terminal acetylenes is 1. The van der Waals surface area contributed by atoms with Crippen LogP contribution in [0.3, 0.4) is 0 Å². The summed E-state index contributed by atoms with van der Waals surface area (Å²) in [5.41, 5.74) is 25.0. The summed E-state index contributed by atoms with van der Waals surface area (Å²) >= 11 is 0. The Bertz CT molecular complexity index is 4150. The third kappa shape index (κ3) is 9.65. The third-order valence-electron chi connectivity index (χ3n) is 16.8. The molecular formula is C76H72BN3O. The molecule has 10 aromatic rings. The van der Waals surface area contributed by atoms with Gasteiger partial charge in [-0.05, 0) is 178 Å². The normalized spacial score (nSPS) is 13.9. The van der Waals surface area contributed by atoms with Crippen LogP contribution in [-0.2, 0) is 10.8 Å². The number of para-hydroxylation sites is 2. The molecule has 5 heteroatoms. The lowest BCUT2D eigenvalue weighted by Gasteiger charge is -2.45. The number of rotatable bonds is 9. The van der Waals surface area contributed by atoms with Crippen molar-refractivity contribution in [3.05, 3.63) is 240 Å². The summed E-state index contributed by atoms with van der Waals surface area (Å²) in [4.78, 5) is 7.48. The maximum atomic E-state index is 6.43. The van der Waals surface area contributed by atoms with Crippen molar-refractivity contribution in [3.8, 4) is 34.6 Å². The van der Waals surface area contributed by atoms with Crippen molar-refractivity contribution in [1.82, 2.24) is 0 Å². The smallest absolute Gasteiger partial charge is 0.247 e. The van der Waals surface area contributed by atoms with E-state index in [0.29, 0.717) is 0 Å². The number of hydrogen-bond acceptors (Lipinski definition) is 4. The van der Waals surface area contributed by atoms with Crippen LogP contribution < -0.4 is 25.6 Å². The maximum Gasteiger partial charge on any atom is 0.247 e. The fraction of sp³-hybridized carbons (Fsp3) is 0.211. The molecule has 0 saturated carbocycles.